The molecule has 6 aromatic rings. The van der Waals surface area contributed by atoms with Crippen LogP contribution in [-0.4, -0.2) is 43.9 Å². The third kappa shape index (κ3) is 10.6. The smallest absolute Gasteiger partial charge is 0.305 e. The number of aliphatic carboxylic acids is 2. The molecule has 0 fully saturated rings. The number of benzene rings is 4. The van der Waals surface area contributed by atoms with Gasteiger partial charge in [0.25, 0.3) is 11.8 Å². The first-order chi connectivity index (χ1) is 25.1. The Morgan fingerprint density at radius 2 is 1.04 bits per heavy atom. The van der Waals surface area contributed by atoms with E-state index in [2.05, 4.69) is 20.6 Å². The van der Waals surface area contributed by atoms with E-state index in [-0.39, 0.29) is 22.9 Å². The zero-order chi connectivity index (χ0) is 37.0. The van der Waals surface area contributed by atoms with Crippen LogP contribution in [-0.2, 0) is 9.59 Å². The maximum atomic E-state index is 12.6. The average Bonchev–Trinajstić information content (AvgIpc) is 3.84. The first-order valence-corrected chi connectivity index (χ1v) is 18.2. The molecule has 1 unspecified atom stereocenters. The minimum Gasteiger partial charge on any atom is -0.481 e. The number of thiazole rings is 2. The molecule has 0 saturated carbocycles. The van der Waals surface area contributed by atoms with Gasteiger partial charge in [0.05, 0.1) is 36.3 Å². The summed E-state index contributed by atoms with van der Waals surface area (Å²) in [5.41, 5.74) is 4.48. The molecule has 2 atom stereocenters. The molecule has 0 aliphatic heterocycles. The van der Waals surface area contributed by atoms with Crippen molar-refractivity contribution in [1.82, 2.24) is 20.6 Å². The Kier molecular flexibility index (Phi) is 13.2. The third-order valence-corrected chi connectivity index (χ3v) is 9.74. The Morgan fingerprint density at radius 1 is 0.596 bits per heavy atom. The molecule has 0 spiro atoms. The van der Waals surface area contributed by atoms with Crippen LogP contribution in [0, 0.1) is 0 Å². The minimum absolute atomic E-state index is 0.232. The number of amides is 2. The van der Waals surface area contributed by atoms with Gasteiger partial charge in [-0.05, 0) is 29.3 Å². The fraction of sp³-hybridized carbons (Fsp3) is 0.105. The van der Waals surface area contributed by atoms with Crippen LogP contribution >= 0.6 is 45.9 Å². The summed E-state index contributed by atoms with van der Waals surface area (Å²) in [6.45, 7) is 0. The van der Waals surface area contributed by atoms with Crippen LogP contribution in [0.25, 0.3) is 22.5 Å². The third-order valence-electron chi connectivity index (χ3n) is 7.46. The largest absolute Gasteiger partial charge is 0.481 e. The van der Waals surface area contributed by atoms with Crippen molar-refractivity contribution in [3.63, 3.8) is 0 Å². The number of carboxylic acid groups (broad SMARTS) is 2. The van der Waals surface area contributed by atoms with Crippen LogP contribution in [0.3, 0.4) is 0 Å². The van der Waals surface area contributed by atoms with Gasteiger partial charge in [-0.1, -0.05) is 114 Å². The Balaban J connectivity index is 0.000000201. The lowest BCUT2D eigenvalue weighted by Crippen LogP contribution is -2.30. The lowest BCUT2D eigenvalue weighted by molar-refractivity contribution is -0.138. The van der Waals surface area contributed by atoms with Crippen molar-refractivity contribution >= 4 is 69.6 Å². The van der Waals surface area contributed by atoms with E-state index in [1.165, 1.54) is 22.7 Å². The van der Waals surface area contributed by atoms with E-state index in [0.29, 0.717) is 32.6 Å². The van der Waals surface area contributed by atoms with Gasteiger partial charge in [-0.15, -0.1) is 22.7 Å². The number of halogens is 2. The Labute approximate surface area is 316 Å². The SMILES string of the molecule is O=C(O)CC(NC(=O)c1nc(-c2ccccc2)cs1)c1ccccc1Cl.O=C(O)C[C@H](NC(=O)c1nc(-c2ccccc2)cs1)c1ccc(Cl)cc1. The fourth-order valence-electron chi connectivity index (χ4n) is 4.97. The van der Waals surface area contributed by atoms with Crippen LogP contribution in [0.15, 0.2) is 120 Å². The summed E-state index contributed by atoms with van der Waals surface area (Å²) in [5.74, 6) is -2.87. The topological polar surface area (TPSA) is 159 Å². The molecule has 52 heavy (non-hydrogen) atoms. The summed E-state index contributed by atoms with van der Waals surface area (Å²) < 4.78 is 0. The van der Waals surface area contributed by atoms with Gasteiger partial charge in [0.2, 0.25) is 0 Å². The Morgan fingerprint density at radius 3 is 1.52 bits per heavy atom. The van der Waals surface area contributed by atoms with Crippen LogP contribution in [0.1, 0.15) is 55.7 Å². The number of nitrogens with zero attached hydrogens (tertiary/aromatic N) is 2. The average molecular weight is 774 g/mol. The minimum atomic E-state index is -1.03. The van der Waals surface area contributed by atoms with E-state index in [0.717, 1.165) is 11.1 Å². The summed E-state index contributed by atoms with van der Waals surface area (Å²) in [6, 6.07) is 31.2. The van der Waals surface area contributed by atoms with Crippen LogP contribution in [0.5, 0.6) is 0 Å². The highest BCUT2D eigenvalue weighted by Gasteiger charge is 2.23. The van der Waals surface area contributed by atoms with Gasteiger partial charge in [0.15, 0.2) is 10.0 Å². The summed E-state index contributed by atoms with van der Waals surface area (Å²) in [4.78, 5) is 56.2. The van der Waals surface area contributed by atoms with E-state index in [4.69, 9.17) is 33.4 Å². The highest BCUT2D eigenvalue weighted by molar-refractivity contribution is 7.12. The van der Waals surface area contributed by atoms with Gasteiger partial charge in [0.1, 0.15) is 0 Å². The number of carbonyl (C=O) groups excluding carboxylic acids is 2. The predicted octanol–water partition coefficient (Wildman–Crippen LogP) is 8.82. The first-order valence-electron chi connectivity index (χ1n) is 15.6. The maximum Gasteiger partial charge on any atom is 0.305 e. The van der Waals surface area contributed by atoms with E-state index in [1.54, 1.807) is 59.3 Å². The van der Waals surface area contributed by atoms with Crippen LogP contribution in [0.2, 0.25) is 10.0 Å². The molecular formula is C38H30Cl2N4O6S2. The van der Waals surface area contributed by atoms with Crippen molar-refractivity contribution < 1.29 is 29.4 Å². The van der Waals surface area contributed by atoms with Gasteiger partial charge in [-0.2, -0.15) is 0 Å². The van der Waals surface area contributed by atoms with E-state index < -0.39 is 35.8 Å². The van der Waals surface area contributed by atoms with Crippen LogP contribution < -0.4 is 10.6 Å². The molecule has 0 saturated heterocycles. The second kappa shape index (κ2) is 18.2. The van der Waals surface area contributed by atoms with E-state index in [9.17, 15) is 19.2 Å². The zero-order valence-corrected chi connectivity index (χ0v) is 30.3. The van der Waals surface area contributed by atoms with Crippen molar-refractivity contribution in [3.05, 3.63) is 151 Å². The molecule has 0 aliphatic rings. The van der Waals surface area contributed by atoms with Crippen molar-refractivity contribution in [2.75, 3.05) is 0 Å². The number of aromatic nitrogens is 2. The molecule has 2 aromatic heterocycles. The lowest BCUT2D eigenvalue weighted by Gasteiger charge is -2.18. The monoisotopic (exact) mass is 772 g/mol. The van der Waals surface area contributed by atoms with Crippen molar-refractivity contribution in [1.29, 1.82) is 0 Å². The number of carboxylic acids is 2. The summed E-state index contributed by atoms with van der Waals surface area (Å²) >= 11 is 14.5. The maximum absolute atomic E-state index is 12.6. The van der Waals surface area contributed by atoms with E-state index >= 15 is 0 Å². The molecule has 6 rings (SSSR count). The first kappa shape index (κ1) is 37.8. The van der Waals surface area contributed by atoms with Gasteiger partial charge < -0.3 is 20.8 Å². The van der Waals surface area contributed by atoms with Gasteiger partial charge in [-0.3, -0.25) is 19.2 Å². The fourth-order valence-corrected chi connectivity index (χ4v) is 6.82. The van der Waals surface area contributed by atoms with E-state index in [1.807, 2.05) is 60.7 Å². The molecule has 0 aliphatic carbocycles. The molecule has 264 valence electrons. The zero-order valence-electron chi connectivity index (χ0n) is 27.1. The molecule has 0 radical (unpaired) electrons. The molecule has 4 N–H and O–H groups in total. The van der Waals surface area contributed by atoms with Crippen molar-refractivity contribution in [2.45, 2.75) is 24.9 Å². The predicted molar refractivity (Wildman–Crippen MR) is 203 cm³/mol. The number of rotatable bonds is 12. The summed E-state index contributed by atoms with van der Waals surface area (Å²) in [6.07, 6.45) is -0.503. The molecule has 2 heterocycles. The van der Waals surface area contributed by atoms with Gasteiger partial charge in [0, 0.05) is 31.9 Å². The lowest BCUT2D eigenvalue weighted by atomic mass is 10.0. The summed E-state index contributed by atoms with van der Waals surface area (Å²) in [5, 5.41) is 28.9. The van der Waals surface area contributed by atoms with Gasteiger partial charge in [-0.25, -0.2) is 9.97 Å². The summed E-state index contributed by atoms with van der Waals surface area (Å²) in [7, 11) is 0. The number of hydrogen-bond acceptors (Lipinski definition) is 8. The molecule has 14 heteroatoms. The number of hydrogen-bond donors (Lipinski definition) is 4. The molecule has 10 nitrogen and oxygen atoms in total. The highest BCUT2D eigenvalue weighted by Crippen LogP contribution is 2.28. The van der Waals surface area contributed by atoms with Crippen molar-refractivity contribution in [2.24, 2.45) is 0 Å². The Bertz CT molecular complexity index is 2140. The second-order valence-electron chi connectivity index (χ2n) is 11.1. The highest BCUT2D eigenvalue weighted by atomic mass is 35.5. The molecule has 4 aromatic carbocycles. The molecular weight excluding hydrogens is 743 g/mol. The normalized spacial score (nSPS) is 11.7. The number of nitrogens with one attached hydrogen (secondary N) is 2. The second-order valence-corrected chi connectivity index (χ2v) is 13.7. The standard InChI is InChI=1S/2C19H15ClN2O3S/c20-14-9-5-4-8-13(14)15(10-17(23)24)21-18(25)19-22-16(11-26-19)12-6-2-1-3-7-12;20-14-8-6-13(7-9-14)15(10-17(23)24)21-18(25)19-22-16(11-26-19)12-4-2-1-3-5-12/h2*1-9,11,15H,10H2,(H,21,25)(H,23,24)/t;15-/m.0/s1. The molecule has 2 amide bonds. The van der Waals surface area contributed by atoms with Crippen LogP contribution in [0.4, 0.5) is 0 Å². The van der Waals surface area contributed by atoms with Crippen molar-refractivity contribution in [3.8, 4) is 22.5 Å². The number of carbonyl (C=O) groups is 4. The molecule has 0 bridgehead atoms. The quantitative estimate of drug-likeness (QED) is 0.0961. The Hall–Kier alpha value is -5.40. The van der Waals surface area contributed by atoms with Gasteiger partial charge >= 0.3 is 11.9 Å².